The SMILES string of the molecule is COc1ccc(S(=O)(=O)Cl)cc1CC(=O)NC1CC1C. The average molecular weight is 318 g/mol. The van der Waals surface area contributed by atoms with E-state index in [1.54, 1.807) is 0 Å². The van der Waals surface area contributed by atoms with Crippen molar-refractivity contribution in [2.75, 3.05) is 7.11 Å². The van der Waals surface area contributed by atoms with E-state index in [1.165, 1.54) is 25.3 Å². The molecule has 0 heterocycles. The number of methoxy groups -OCH3 is 1. The molecular weight excluding hydrogens is 302 g/mol. The number of rotatable bonds is 5. The molecule has 1 N–H and O–H groups in total. The van der Waals surface area contributed by atoms with Gasteiger partial charge in [-0.25, -0.2) is 8.42 Å². The van der Waals surface area contributed by atoms with E-state index in [-0.39, 0.29) is 23.3 Å². The van der Waals surface area contributed by atoms with Crippen LogP contribution in [0.1, 0.15) is 18.9 Å². The lowest BCUT2D eigenvalue weighted by Crippen LogP contribution is -2.28. The lowest BCUT2D eigenvalue weighted by molar-refractivity contribution is -0.120. The Morgan fingerprint density at radius 2 is 2.15 bits per heavy atom. The molecule has 1 aromatic rings. The molecule has 1 fully saturated rings. The van der Waals surface area contributed by atoms with Gasteiger partial charge in [0.25, 0.3) is 9.05 Å². The van der Waals surface area contributed by atoms with Gasteiger partial charge in [0.05, 0.1) is 18.4 Å². The minimum absolute atomic E-state index is 0.0393. The Balaban J connectivity index is 2.18. The highest BCUT2D eigenvalue weighted by atomic mass is 35.7. The van der Waals surface area contributed by atoms with E-state index in [4.69, 9.17) is 15.4 Å². The first kappa shape index (κ1) is 15.1. The molecule has 0 saturated heterocycles. The minimum Gasteiger partial charge on any atom is -0.496 e. The predicted octanol–water partition coefficient (Wildman–Crippen LogP) is 1.69. The van der Waals surface area contributed by atoms with Crippen LogP contribution in [0.3, 0.4) is 0 Å². The smallest absolute Gasteiger partial charge is 0.261 e. The first-order valence-corrected chi connectivity index (χ1v) is 8.53. The molecule has 2 atom stereocenters. The van der Waals surface area contributed by atoms with Gasteiger partial charge in [0.15, 0.2) is 0 Å². The van der Waals surface area contributed by atoms with Crippen LogP contribution < -0.4 is 10.1 Å². The molecule has 20 heavy (non-hydrogen) atoms. The summed E-state index contributed by atoms with van der Waals surface area (Å²) in [5, 5.41) is 2.88. The van der Waals surface area contributed by atoms with Crippen LogP contribution in [0.25, 0.3) is 0 Å². The zero-order chi connectivity index (χ0) is 14.9. The number of halogens is 1. The van der Waals surface area contributed by atoms with Gasteiger partial charge in [-0.05, 0) is 30.5 Å². The molecule has 5 nitrogen and oxygen atoms in total. The molecule has 1 aliphatic rings. The molecule has 7 heteroatoms. The Bertz CT molecular complexity index is 629. The molecule has 2 rings (SSSR count). The average Bonchev–Trinajstić information content (AvgIpc) is 3.03. The van der Waals surface area contributed by atoms with Crippen molar-refractivity contribution in [1.82, 2.24) is 5.32 Å². The van der Waals surface area contributed by atoms with Gasteiger partial charge in [0, 0.05) is 22.3 Å². The molecule has 1 saturated carbocycles. The van der Waals surface area contributed by atoms with Crippen molar-refractivity contribution < 1.29 is 17.9 Å². The van der Waals surface area contributed by atoms with Crippen LogP contribution in [0.2, 0.25) is 0 Å². The standard InChI is InChI=1S/C13H16ClNO4S/c1-8-5-11(8)15-13(16)7-9-6-10(20(14,17)18)3-4-12(9)19-2/h3-4,6,8,11H,5,7H2,1-2H3,(H,15,16). The third kappa shape index (κ3) is 3.64. The number of nitrogens with one attached hydrogen (secondary N) is 1. The van der Waals surface area contributed by atoms with Gasteiger partial charge >= 0.3 is 0 Å². The van der Waals surface area contributed by atoms with Gasteiger partial charge in [-0.15, -0.1) is 0 Å². The number of benzene rings is 1. The minimum atomic E-state index is -3.82. The summed E-state index contributed by atoms with van der Waals surface area (Å²) in [6.07, 6.45) is 1.05. The maximum absolute atomic E-state index is 11.9. The van der Waals surface area contributed by atoms with Crippen LogP contribution in [-0.2, 0) is 20.3 Å². The van der Waals surface area contributed by atoms with Crippen molar-refractivity contribution in [2.45, 2.75) is 30.7 Å². The van der Waals surface area contributed by atoms with E-state index in [0.717, 1.165) is 6.42 Å². The third-order valence-electron chi connectivity index (χ3n) is 3.34. The monoisotopic (exact) mass is 317 g/mol. The molecule has 1 amide bonds. The normalized spacial score (nSPS) is 21.4. The van der Waals surface area contributed by atoms with Crippen molar-refractivity contribution in [3.63, 3.8) is 0 Å². The Morgan fingerprint density at radius 1 is 1.50 bits per heavy atom. The molecule has 2 unspecified atom stereocenters. The van der Waals surface area contributed by atoms with Gasteiger partial charge in [-0.3, -0.25) is 4.79 Å². The maximum atomic E-state index is 11.9. The second-order valence-corrected chi connectivity index (χ2v) is 7.54. The summed E-state index contributed by atoms with van der Waals surface area (Å²) < 4.78 is 27.8. The summed E-state index contributed by atoms with van der Waals surface area (Å²) >= 11 is 0. The number of hydrogen-bond acceptors (Lipinski definition) is 4. The van der Waals surface area contributed by atoms with Crippen molar-refractivity contribution in [2.24, 2.45) is 5.92 Å². The van der Waals surface area contributed by atoms with Gasteiger partial charge in [0.2, 0.25) is 5.91 Å². The zero-order valence-corrected chi connectivity index (χ0v) is 12.8. The number of amides is 1. The Morgan fingerprint density at radius 3 is 2.65 bits per heavy atom. The van der Waals surface area contributed by atoms with Crippen molar-refractivity contribution in [3.8, 4) is 5.75 Å². The Labute approximate surface area is 122 Å². The summed E-state index contributed by atoms with van der Waals surface area (Å²) in [5.74, 6) is 0.824. The van der Waals surface area contributed by atoms with Crippen molar-refractivity contribution in [3.05, 3.63) is 23.8 Å². The van der Waals surface area contributed by atoms with Crippen LogP contribution in [0.5, 0.6) is 5.75 Å². The molecule has 0 aromatic heterocycles. The maximum Gasteiger partial charge on any atom is 0.261 e. The lowest BCUT2D eigenvalue weighted by atomic mass is 10.1. The van der Waals surface area contributed by atoms with E-state index in [2.05, 4.69) is 12.2 Å². The van der Waals surface area contributed by atoms with Gasteiger partial charge < -0.3 is 10.1 Å². The van der Waals surface area contributed by atoms with Gasteiger partial charge in [-0.2, -0.15) is 0 Å². The molecule has 1 aliphatic carbocycles. The van der Waals surface area contributed by atoms with Crippen LogP contribution in [-0.4, -0.2) is 27.5 Å². The van der Waals surface area contributed by atoms with Crippen molar-refractivity contribution >= 4 is 25.6 Å². The fraction of sp³-hybridized carbons (Fsp3) is 0.462. The molecule has 110 valence electrons. The molecule has 0 bridgehead atoms. The van der Waals surface area contributed by atoms with E-state index in [1.807, 2.05) is 0 Å². The summed E-state index contributed by atoms with van der Waals surface area (Å²) in [6.45, 7) is 2.06. The quantitative estimate of drug-likeness (QED) is 0.839. The molecule has 0 radical (unpaired) electrons. The Kier molecular flexibility index (Phi) is 4.25. The van der Waals surface area contributed by atoms with Crippen LogP contribution in [0, 0.1) is 5.92 Å². The number of hydrogen-bond donors (Lipinski definition) is 1. The van der Waals surface area contributed by atoms with E-state index in [0.29, 0.717) is 17.2 Å². The summed E-state index contributed by atoms with van der Waals surface area (Å²) in [5.41, 5.74) is 0.500. The summed E-state index contributed by atoms with van der Waals surface area (Å²) in [7, 11) is 2.95. The lowest BCUT2D eigenvalue weighted by Gasteiger charge is -2.10. The fourth-order valence-electron chi connectivity index (χ4n) is 2.00. The second kappa shape index (κ2) is 5.61. The first-order chi connectivity index (χ1) is 9.31. The zero-order valence-electron chi connectivity index (χ0n) is 11.2. The highest BCUT2D eigenvalue weighted by molar-refractivity contribution is 8.13. The molecule has 0 spiro atoms. The summed E-state index contributed by atoms with van der Waals surface area (Å²) in [4.78, 5) is 11.8. The summed E-state index contributed by atoms with van der Waals surface area (Å²) in [6, 6.07) is 4.45. The molecule has 0 aliphatic heterocycles. The topological polar surface area (TPSA) is 72.5 Å². The van der Waals surface area contributed by atoms with E-state index in [9.17, 15) is 13.2 Å². The largest absolute Gasteiger partial charge is 0.496 e. The molecule has 1 aromatic carbocycles. The highest BCUT2D eigenvalue weighted by Gasteiger charge is 2.33. The first-order valence-electron chi connectivity index (χ1n) is 6.22. The van der Waals surface area contributed by atoms with E-state index >= 15 is 0 Å². The highest BCUT2D eigenvalue weighted by Crippen LogP contribution is 2.29. The van der Waals surface area contributed by atoms with Crippen LogP contribution >= 0.6 is 10.7 Å². The van der Waals surface area contributed by atoms with Crippen molar-refractivity contribution in [1.29, 1.82) is 0 Å². The number of ether oxygens (including phenoxy) is 1. The van der Waals surface area contributed by atoms with E-state index < -0.39 is 9.05 Å². The number of carbonyl (C=O) groups excluding carboxylic acids is 1. The van der Waals surface area contributed by atoms with Crippen LogP contribution in [0.4, 0.5) is 0 Å². The Hall–Kier alpha value is -1.27. The fourth-order valence-corrected chi connectivity index (χ4v) is 2.80. The van der Waals surface area contributed by atoms with Crippen LogP contribution in [0.15, 0.2) is 23.1 Å². The predicted molar refractivity (Wildman–Crippen MR) is 75.4 cm³/mol. The third-order valence-corrected chi connectivity index (χ3v) is 4.69. The molecular formula is C13H16ClNO4S. The van der Waals surface area contributed by atoms with Gasteiger partial charge in [-0.1, -0.05) is 6.92 Å². The van der Waals surface area contributed by atoms with Gasteiger partial charge in [0.1, 0.15) is 5.75 Å². The second-order valence-electron chi connectivity index (χ2n) is 4.98. The number of carbonyl (C=O) groups is 1.